The van der Waals surface area contributed by atoms with Crippen LogP contribution in [0.25, 0.3) is 0 Å². The van der Waals surface area contributed by atoms with E-state index in [9.17, 15) is 8.78 Å². The van der Waals surface area contributed by atoms with E-state index >= 15 is 0 Å². The van der Waals surface area contributed by atoms with Gasteiger partial charge in [-0.15, -0.1) is 5.10 Å². The highest BCUT2D eigenvalue weighted by Crippen LogP contribution is 2.20. The highest BCUT2D eigenvalue weighted by molar-refractivity contribution is 7.98. The normalized spacial score (nSPS) is 10.9. The Morgan fingerprint density at radius 3 is 2.90 bits per heavy atom. The molecule has 0 aliphatic rings. The molecule has 1 N–H and O–H groups in total. The van der Waals surface area contributed by atoms with Crippen molar-refractivity contribution in [2.75, 3.05) is 13.1 Å². The number of thioether (sulfide) groups is 1. The van der Waals surface area contributed by atoms with E-state index in [1.54, 1.807) is 10.7 Å². The number of tetrazole rings is 1. The van der Waals surface area contributed by atoms with Crippen LogP contribution in [0, 0.1) is 11.6 Å². The van der Waals surface area contributed by atoms with Crippen LogP contribution in [0.4, 0.5) is 8.78 Å². The molecule has 0 saturated carbocycles. The fraction of sp³-hybridized carbons (Fsp3) is 0.417. The number of rotatable bonds is 7. The molecule has 0 aliphatic carbocycles. The number of hydrogen-bond acceptors (Lipinski definition) is 5. The van der Waals surface area contributed by atoms with E-state index in [-0.39, 0.29) is 0 Å². The summed E-state index contributed by atoms with van der Waals surface area (Å²) in [5.74, 6) is -1.19. The van der Waals surface area contributed by atoms with Gasteiger partial charge >= 0.3 is 0 Å². The first-order valence-corrected chi connectivity index (χ1v) is 7.23. The van der Waals surface area contributed by atoms with Gasteiger partial charge in [0.15, 0.2) is 11.6 Å². The molecule has 0 radical (unpaired) electrons. The van der Waals surface area contributed by atoms with Crippen molar-refractivity contribution in [1.82, 2.24) is 25.5 Å². The fourth-order valence-corrected chi connectivity index (χ4v) is 2.43. The third-order valence-electron chi connectivity index (χ3n) is 2.60. The van der Waals surface area contributed by atoms with Crippen molar-refractivity contribution in [2.24, 2.45) is 0 Å². The number of nitrogens with one attached hydrogen (secondary N) is 1. The maximum absolute atomic E-state index is 13.1. The minimum absolute atomic E-state index is 0.485. The number of benzene rings is 1. The molecule has 20 heavy (non-hydrogen) atoms. The first-order chi connectivity index (χ1) is 9.70. The zero-order valence-electron chi connectivity index (χ0n) is 11.0. The Labute approximate surface area is 119 Å². The molecule has 0 spiro atoms. The summed E-state index contributed by atoms with van der Waals surface area (Å²) in [6.07, 6.45) is 0. The van der Waals surface area contributed by atoms with Crippen LogP contribution in [-0.2, 0) is 12.3 Å². The first kappa shape index (κ1) is 14.9. The number of hydrogen-bond donors (Lipinski definition) is 1. The van der Waals surface area contributed by atoms with Crippen LogP contribution < -0.4 is 5.32 Å². The third kappa shape index (κ3) is 3.97. The highest BCUT2D eigenvalue weighted by Gasteiger charge is 2.08. The zero-order valence-corrected chi connectivity index (χ0v) is 11.8. The van der Waals surface area contributed by atoms with Gasteiger partial charge in [0.25, 0.3) is 0 Å². The van der Waals surface area contributed by atoms with E-state index in [4.69, 9.17) is 0 Å². The minimum atomic E-state index is -0.839. The van der Waals surface area contributed by atoms with E-state index in [2.05, 4.69) is 20.8 Å². The highest BCUT2D eigenvalue weighted by atomic mass is 32.2. The van der Waals surface area contributed by atoms with Crippen LogP contribution in [0.5, 0.6) is 0 Å². The summed E-state index contributed by atoms with van der Waals surface area (Å²) in [6.45, 7) is 4.36. The van der Waals surface area contributed by atoms with Crippen molar-refractivity contribution in [2.45, 2.75) is 24.4 Å². The van der Waals surface area contributed by atoms with Gasteiger partial charge in [-0.3, -0.25) is 0 Å². The largest absolute Gasteiger partial charge is 0.315 e. The summed E-state index contributed by atoms with van der Waals surface area (Å²) >= 11 is 1.39. The monoisotopic (exact) mass is 299 g/mol. The molecule has 0 aliphatic heterocycles. The fourth-order valence-electron chi connectivity index (χ4n) is 1.58. The lowest BCUT2D eigenvalue weighted by molar-refractivity contribution is 0.507. The van der Waals surface area contributed by atoms with Crippen molar-refractivity contribution < 1.29 is 8.78 Å². The average molecular weight is 299 g/mol. The smallest absolute Gasteiger partial charge is 0.209 e. The molecule has 1 aromatic heterocycles. The van der Waals surface area contributed by atoms with Gasteiger partial charge in [0.05, 0.1) is 6.54 Å². The molecule has 0 bridgehead atoms. The molecule has 2 rings (SSSR count). The Morgan fingerprint density at radius 1 is 1.30 bits per heavy atom. The van der Waals surface area contributed by atoms with Crippen molar-refractivity contribution in [3.63, 3.8) is 0 Å². The van der Waals surface area contributed by atoms with Gasteiger partial charge in [0, 0.05) is 12.3 Å². The molecule has 0 saturated heterocycles. The second-order valence-corrected chi connectivity index (χ2v) is 5.02. The summed E-state index contributed by atoms with van der Waals surface area (Å²) in [7, 11) is 0. The van der Waals surface area contributed by atoms with Gasteiger partial charge in [-0.1, -0.05) is 24.8 Å². The minimum Gasteiger partial charge on any atom is -0.315 e. The van der Waals surface area contributed by atoms with E-state index in [1.807, 2.05) is 6.92 Å². The zero-order chi connectivity index (χ0) is 14.4. The van der Waals surface area contributed by atoms with Gasteiger partial charge < -0.3 is 5.32 Å². The number of aromatic nitrogens is 4. The lowest BCUT2D eigenvalue weighted by Crippen LogP contribution is -2.20. The lowest BCUT2D eigenvalue weighted by Gasteiger charge is -2.05. The Hall–Kier alpha value is -1.54. The Kier molecular flexibility index (Phi) is 5.42. The summed E-state index contributed by atoms with van der Waals surface area (Å²) in [4.78, 5) is 0. The van der Waals surface area contributed by atoms with Gasteiger partial charge in [-0.25, -0.2) is 13.5 Å². The average Bonchev–Trinajstić information content (AvgIpc) is 2.88. The van der Waals surface area contributed by atoms with Crippen molar-refractivity contribution >= 4 is 11.8 Å². The number of likely N-dealkylation sites (N-methyl/N-ethyl adjacent to an activating group) is 1. The quantitative estimate of drug-likeness (QED) is 0.624. The molecule has 1 aromatic carbocycles. The van der Waals surface area contributed by atoms with E-state index in [0.29, 0.717) is 23.0 Å². The van der Waals surface area contributed by atoms with E-state index in [1.165, 1.54) is 17.8 Å². The SMILES string of the molecule is CCNCCn1nnnc1SCc1ccc(F)c(F)c1. The topological polar surface area (TPSA) is 55.6 Å². The Morgan fingerprint density at radius 2 is 2.15 bits per heavy atom. The predicted molar refractivity (Wildman–Crippen MR) is 72.3 cm³/mol. The van der Waals surface area contributed by atoms with Crippen LogP contribution in [0.15, 0.2) is 23.4 Å². The van der Waals surface area contributed by atoms with Crippen LogP contribution in [0.1, 0.15) is 12.5 Å². The maximum atomic E-state index is 13.1. The van der Waals surface area contributed by atoms with E-state index < -0.39 is 11.6 Å². The second kappa shape index (κ2) is 7.30. The molecular weight excluding hydrogens is 284 g/mol. The Bertz CT molecular complexity index is 561. The van der Waals surface area contributed by atoms with Crippen molar-refractivity contribution in [1.29, 1.82) is 0 Å². The summed E-state index contributed by atoms with van der Waals surface area (Å²) in [5.41, 5.74) is 0.690. The third-order valence-corrected chi connectivity index (χ3v) is 3.63. The molecule has 1 heterocycles. The molecule has 0 fully saturated rings. The molecule has 0 atom stereocenters. The summed E-state index contributed by atoms with van der Waals surface area (Å²) < 4.78 is 27.6. The van der Waals surface area contributed by atoms with Crippen LogP contribution in [0.3, 0.4) is 0 Å². The molecular formula is C12H15F2N5S. The van der Waals surface area contributed by atoms with Crippen LogP contribution in [0.2, 0.25) is 0 Å². The van der Waals surface area contributed by atoms with Gasteiger partial charge in [-0.2, -0.15) is 0 Å². The number of nitrogens with zero attached hydrogens (tertiary/aromatic N) is 4. The first-order valence-electron chi connectivity index (χ1n) is 6.24. The summed E-state index contributed by atoms with van der Waals surface area (Å²) in [6, 6.07) is 3.87. The van der Waals surface area contributed by atoms with Gasteiger partial charge in [-0.05, 0) is 34.7 Å². The van der Waals surface area contributed by atoms with Gasteiger partial charge in [0.2, 0.25) is 5.16 Å². The standard InChI is InChI=1S/C12H15F2N5S/c1-2-15-5-6-19-12(16-17-18-19)20-8-9-3-4-10(13)11(14)7-9/h3-4,7,15H,2,5-6,8H2,1H3. The lowest BCUT2D eigenvalue weighted by atomic mass is 10.2. The molecule has 2 aromatic rings. The second-order valence-electron chi connectivity index (χ2n) is 4.08. The van der Waals surface area contributed by atoms with Gasteiger partial charge in [0.1, 0.15) is 0 Å². The van der Waals surface area contributed by atoms with Crippen molar-refractivity contribution in [3.8, 4) is 0 Å². The molecule has 0 unspecified atom stereocenters. The molecule has 8 heteroatoms. The molecule has 5 nitrogen and oxygen atoms in total. The molecule has 0 amide bonds. The molecule has 108 valence electrons. The summed E-state index contributed by atoms with van der Waals surface area (Å²) in [5, 5.41) is 15.3. The maximum Gasteiger partial charge on any atom is 0.209 e. The predicted octanol–water partition coefficient (Wildman–Crippen LogP) is 1.85. The number of halogens is 2. The van der Waals surface area contributed by atoms with E-state index in [0.717, 1.165) is 19.2 Å². The van der Waals surface area contributed by atoms with Crippen LogP contribution >= 0.6 is 11.8 Å². The van der Waals surface area contributed by atoms with Crippen molar-refractivity contribution in [3.05, 3.63) is 35.4 Å². The van der Waals surface area contributed by atoms with Crippen LogP contribution in [-0.4, -0.2) is 33.3 Å². The Balaban J connectivity index is 1.93.